The third-order valence-corrected chi connectivity index (χ3v) is 3.90. The Kier molecular flexibility index (Phi) is 4.25. The number of halogens is 2. The van der Waals surface area contributed by atoms with Gasteiger partial charge in [-0.1, -0.05) is 6.07 Å². The van der Waals surface area contributed by atoms with Crippen molar-refractivity contribution in [1.82, 2.24) is 4.98 Å². The molecule has 0 aliphatic heterocycles. The van der Waals surface area contributed by atoms with E-state index in [4.69, 9.17) is 16.0 Å². The lowest BCUT2D eigenvalue weighted by Crippen LogP contribution is -1.98. The van der Waals surface area contributed by atoms with Crippen LogP contribution in [-0.2, 0) is 15.7 Å². The molecular weight excluding hydrogens is 305 g/mol. The molecule has 7 heteroatoms. The molecule has 1 aromatic heterocycles. The summed E-state index contributed by atoms with van der Waals surface area (Å²) in [4.78, 5) is 3.96. The van der Waals surface area contributed by atoms with Gasteiger partial charge in [0.1, 0.15) is 12.1 Å². The maximum Gasteiger partial charge on any atom is 0.218 e. The van der Waals surface area contributed by atoms with E-state index in [2.05, 4.69) is 4.98 Å². The first-order valence-electron chi connectivity index (χ1n) is 5.58. The van der Waals surface area contributed by atoms with Crippen molar-refractivity contribution in [2.24, 2.45) is 0 Å². The Hall–Kier alpha value is -1.66. The van der Waals surface area contributed by atoms with E-state index in [1.165, 1.54) is 30.5 Å². The molecule has 106 valence electrons. The van der Waals surface area contributed by atoms with Crippen LogP contribution in [0.15, 0.2) is 33.8 Å². The molecule has 2 rings (SSSR count). The molecule has 0 saturated carbocycles. The van der Waals surface area contributed by atoms with Gasteiger partial charge in [-0.3, -0.25) is 0 Å². The number of hydrogen-bond acceptors (Lipinski definition) is 4. The molecule has 0 aliphatic carbocycles. The highest BCUT2D eigenvalue weighted by atomic mass is 35.5. The molecule has 0 aliphatic rings. The number of benzene rings is 1. The van der Waals surface area contributed by atoms with Crippen LogP contribution in [0, 0.1) is 5.82 Å². The van der Waals surface area contributed by atoms with Gasteiger partial charge in [-0.25, -0.2) is 17.8 Å². The second-order valence-electron chi connectivity index (χ2n) is 4.10. The molecule has 0 atom stereocenters. The lowest BCUT2D eigenvalue weighted by Gasteiger charge is -2.00. The predicted octanol–water partition coefficient (Wildman–Crippen LogP) is 3.13. The summed E-state index contributed by atoms with van der Waals surface area (Å²) in [7, 11) is -3.42. The maximum absolute atomic E-state index is 13.8. The zero-order valence-electron chi connectivity index (χ0n) is 10.5. The molecule has 20 heavy (non-hydrogen) atoms. The predicted molar refractivity (Wildman–Crippen MR) is 74.5 cm³/mol. The van der Waals surface area contributed by atoms with E-state index in [0.29, 0.717) is 11.6 Å². The zero-order valence-corrected chi connectivity index (χ0v) is 12.1. The third kappa shape index (κ3) is 3.46. The van der Waals surface area contributed by atoms with Gasteiger partial charge in [-0.2, -0.15) is 0 Å². The molecular formula is C13H11ClFNO3S. The van der Waals surface area contributed by atoms with Crippen LogP contribution in [0.25, 0.3) is 12.2 Å². The van der Waals surface area contributed by atoms with E-state index in [0.717, 1.165) is 12.3 Å². The first kappa shape index (κ1) is 14.7. The Morgan fingerprint density at radius 1 is 1.40 bits per heavy atom. The van der Waals surface area contributed by atoms with E-state index in [-0.39, 0.29) is 16.3 Å². The molecule has 0 bridgehead atoms. The van der Waals surface area contributed by atoms with Crippen molar-refractivity contribution < 1.29 is 17.2 Å². The number of alkyl halides is 1. The van der Waals surface area contributed by atoms with Gasteiger partial charge in [0.2, 0.25) is 5.89 Å². The molecule has 0 unspecified atom stereocenters. The summed E-state index contributed by atoms with van der Waals surface area (Å²) in [6, 6.07) is 3.71. The quantitative estimate of drug-likeness (QED) is 0.813. The van der Waals surface area contributed by atoms with Gasteiger partial charge in [0, 0.05) is 17.9 Å². The fourth-order valence-electron chi connectivity index (χ4n) is 1.50. The molecule has 1 aromatic carbocycles. The summed E-state index contributed by atoms with van der Waals surface area (Å²) in [5, 5.41) is 0. The van der Waals surface area contributed by atoms with E-state index in [9.17, 15) is 12.8 Å². The number of oxazole rings is 1. The average molecular weight is 316 g/mol. The Balaban J connectivity index is 2.26. The fourth-order valence-corrected chi connectivity index (χ4v) is 2.25. The van der Waals surface area contributed by atoms with Crippen molar-refractivity contribution in [3.05, 3.63) is 47.4 Å². The summed E-state index contributed by atoms with van der Waals surface area (Å²) in [5.41, 5.74) is 0.822. The van der Waals surface area contributed by atoms with Gasteiger partial charge < -0.3 is 4.42 Å². The van der Waals surface area contributed by atoms with Crippen LogP contribution in [0.1, 0.15) is 17.1 Å². The molecule has 0 radical (unpaired) electrons. The Morgan fingerprint density at radius 3 is 2.70 bits per heavy atom. The van der Waals surface area contributed by atoms with Crippen LogP contribution in [0.4, 0.5) is 4.39 Å². The van der Waals surface area contributed by atoms with Crippen molar-refractivity contribution in [3.8, 4) is 0 Å². The van der Waals surface area contributed by atoms with Gasteiger partial charge in [0.05, 0.1) is 16.5 Å². The number of aromatic nitrogens is 1. The third-order valence-electron chi connectivity index (χ3n) is 2.51. The molecule has 2 aromatic rings. The van der Waals surface area contributed by atoms with Crippen LogP contribution in [-0.4, -0.2) is 19.7 Å². The molecule has 0 amide bonds. The standard InChI is InChI=1S/C13H11ClFNO3S/c1-20(17,18)11-4-2-9(12(15)6-11)3-5-13-16-10(7-14)8-19-13/h2-6,8H,7H2,1H3. The van der Waals surface area contributed by atoms with E-state index < -0.39 is 15.7 Å². The monoisotopic (exact) mass is 315 g/mol. The van der Waals surface area contributed by atoms with Crippen LogP contribution in [0.5, 0.6) is 0 Å². The zero-order chi connectivity index (χ0) is 14.8. The first-order valence-corrected chi connectivity index (χ1v) is 8.01. The molecule has 1 heterocycles. The Morgan fingerprint density at radius 2 is 2.15 bits per heavy atom. The molecule has 0 N–H and O–H groups in total. The number of sulfone groups is 1. The van der Waals surface area contributed by atoms with Crippen molar-refractivity contribution in [2.75, 3.05) is 6.26 Å². The fraction of sp³-hybridized carbons (Fsp3) is 0.154. The highest BCUT2D eigenvalue weighted by Crippen LogP contribution is 2.17. The highest BCUT2D eigenvalue weighted by Gasteiger charge is 2.10. The minimum atomic E-state index is -3.42. The topological polar surface area (TPSA) is 60.2 Å². The molecule has 0 fully saturated rings. The second kappa shape index (κ2) is 5.76. The van der Waals surface area contributed by atoms with Crippen LogP contribution in [0.2, 0.25) is 0 Å². The van der Waals surface area contributed by atoms with Crippen molar-refractivity contribution in [3.63, 3.8) is 0 Å². The molecule has 4 nitrogen and oxygen atoms in total. The summed E-state index contributed by atoms with van der Waals surface area (Å²) in [5.74, 6) is -0.102. The lowest BCUT2D eigenvalue weighted by molar-refractivity contribution is 0.546. The van der Waals surface area contributed by atoms with Crippen LogP contribution < -0.4 is 0 Å². The highest BCUT2D eigenvalue weighted by molar-refractivity contribution is 7.90. The Labute approximate surface area is 120 Å². The minimum absolute atomic E-state index is 0.0623. The summed E-state index contributed by atoms with van der Waals surface area (Å²) < 4.78 is 41.4. The molecule has 0 spiro atoms. The lowest BCUT2D eigenvalue weighted by atomic mass is 10.2. The van der Waals surface area contributed by atoms with Gasteiger partial charge in [-0.15, -0.1) is 11.6 Å². The van der Waals surface area contributed by atoms with E-state index in [1.807, 2.05) is 0 Å². The number of hydrogen-bond donors (Lipinski definition) is 0. The maximum atomic E-state index is 13.8. The van der Waals surface area contributed by atoms with Crippen LogP contribution in [0.3, 0.4) is 0 Å². The second-order valence-corrected chi connectivity index (χ2v) is 6.38. The van der Waals surface area contributed by atoms with Crippen molar-refractivity contribution in [1.29, 1.82) is 0 Å². The van der Waals surface area contributed by atoms with Gasteiger partial charge in [0.15, 0.2) is 9.84 Å². The number of nitrogens with zero attached hydrogens (tertiary/aromatic N) is 1. The van der Waals surface area contributed by atoms with Crippen molar-refractivity contribution >= 4 is 33.6 Å². The summed E-state index contributed by atoms with van der Waals surface area (Å²) >= 11 is 5.58. The summed E-state index contributed by atoms with van der Waals surface area (Å²) in [6.07, 6.45) is 5.37. The van der Waals surface area contributed by atoms with Crippen LogP contribution >= 0.6 is 11.6 Å². The van der Waals surface area contributed by atoms with Crippen molar-refractivity contribution in [2.45, 2.75) is 10.8 Å². The first-order chi connectivity index (χ1) is 9.40. The van der Waals surface area contributed by atoms with E-state index in [1.54, 1.807) is 0 Å². The van der Waals surface area contributed by atoms with E-state index >= 15 is 0 Å². The minimum Gasteiger partial charge on any atom is -0.445 e. The van der Waals surface area contributed by atoms with Gasteiger partial charge in [0.25, 0.3) is 0 Å². The average Bonchev–Trinajstić information content (AvgIpc) is 2.84. The smallest absolute Gasteiger partial charge is 0.218 e. The normalized spacial score (nSPS) is 12.2. The Bertz CT molecular complexity index is 753. The molecule has 0 saturated heterocycles. The SMILES string of the molecule is CS(=O)(=O)c1ccc(C=Cc2nc(CCl)co2)c(F)c1. The largest absolute Gasteiger partial charge is 0.445 e. The summed E-state index contributed by atoms with van der Waals surface area (Å²) in [6.45, 7) is 0. The van der Waals surface area contributed by atoms with Gasteiger partial charge >= 0.3 is 0 Å². The number of rotatable bonds is 4. The van der Waals surface area contributed by atoms with Gasteiger partial charge in [-0.05, 0) is 18.2 Å².